The average Bonchev–Trinajstić information content (AvgIpc) is 2.56. The van der Waals surface area contributed by atoms with Crippen LogP contribution in [0.4, 0.5) is 5.69 Å². The highest BCUT2D eigenvalue weighted by Crippen LogP contribution is 2.18. The molecule has 0 aliphatic heterocycles. The number of unbranched alkanes of at least 4 members (excludes halogenated alkanes) is 1. The molecule has 1 atom stereocenters. The van der Waals surface area contributed by atoms with E-state index >= 15 is 0 Å². The number of hydrogen-bond donors (Lipinski definition) is 1. The Morgan fingerprint density at radius 3 is 2.48 bits per heavy atom. The molecular formula is C20H25NO2. The summed E-state index contributed by atoms with van der Waals surface area (Å²) in [7, 11) is 0. The molecule has 3 heteroatoms. The molecule has 0 bridgehead atoms. The number of ether oxygens (including phenoxy) is 1. The summed E-state index contributed by atoms with van der Waals surface area (Å²) in [5.41, 5.74) is 3.12. The van der Waals surface area contributed by atoms with Crippen molar-refractivity contribution in [1.29, 1.82) is 0 Å². The molecule has 0 saturated heterocycles. The highest BCUT2D eigenvalue weighted by atomic mass is 16.5. The van der Waals surface area contributed by atoms with Gasteiger partial charge in [-0.05, 0) is 56.0 Å². The number of para-hydroxylation sites is 1. The second-order valence-electron chi connectivity index (χ2n) is 5.82. The predicted molar refractivity (Wildman–Crippen MR) is 95.0 cm³/mol. The van der Waals surface area contributed by atoms with Crippen LogP contribution in [0.3, 0.4) is 0 Å². The van der Waals surface area contributed by atoms with E-state index < -0.39 is 6.10 Å². The van der Waals surface area contributed by atoms with Crippen LogP contribution in [0.2, 0.25) is 0 Å². The molecule has 1 amide bonds. The summed E-state index contributed by atoms with van der Waals surface area (Å²) in [6, 6.07) is 15.7. The number of carbonyl (C=O) groups excluding carboxylic acids is 1. The Morgan fingerprint density at radius 1 is 1.13 bits per heavy atom. The van der Waals surface area contributed by atoms with Gasteiger partial charge in [0.25, 0.3) is 5.91 Å². The maximum absolute atomic E-state index is 12.2. The van der Waals surface area contributed by atoms with E-state index in [1.54, 1.807) is 6.92 Å². The highest BCUT2D eigenvalue weighted by molar-refractivity contribution is 5.94. The van der Waals surface area contributed by atoms with E-state index in [1.165, 1.54) is 18.4 Å². The van der Waals surface area contributed by atoms with Crippen LogP contribution >= 0.6 is 0 Å². The third kappa shape index (κ3) is 5.13. The first kappa shape index (κ1) is 17.1. The van der Waals surface area contributed by atoms with E-state index in [2.05, 4.69) is 24.4 Å². The molecule has 0 spiro atoms. The van der Waals surface area contributed by atoms with Crippen LogP contribution in [-0.4, -0.2) is 12.0 Å². The Balaban J connectivity index is 1.91. The Labute approximate surface area is 138 Å². The second-order valence-corrected chi connectivity index (χ2v) is 5.82. The van der Waals surface area contributed by atoms with Gasteiger partial charge in [-0.3, -0.25) is 4.79 Å². The molecule has 2 aromatic carbocycles. The molecule has 3 nitrogen and oxygen atoms in total. The molecule has 0 saturated carbocycles. The van der Waals surface area contributed by atoms with Crippen molar-refractivity contribution in [1.82, 2.24) is 0 Å². The largest absolute Gasteiger partial charge is 0.481 e. The Bertz CT molecular complexity index is 634. The lowest BCUT2D eigenvalue weighted by Gasteiger charge is -2.16. The van der Waals surface area contributed by atoms with Crippen molar-refractivity contribution in [2.45, 2.75) is 46.1 Å². The number of hydrogen-bond acceptors (Lipinski definition) is 2. The molecule has 0 aliphatic rings. The van der Waals surface area contributed by atoms with Gasteiger partial charge in [-0.25, -0.2) is 0 Å². The van der Waals surface area contributed by atoms with Gasteiger partial charge in [-0.1, -0.05) is 43.7 Å². The summed E-state index contributed by atoms with van der Waals surface area (Å²) < 4.78 is 5.74. The van der Waals surface area contributed by atoms with Gasteiger partial charge in [0.2, 0.25) is 0 Å². The smallest absolute Gasteiger partial charge is 0.265 e. The summed E-state index contributed by atoms with van der Waals surface area (Å²) in [6.07, 6.45) is 2.91. The normalized spacial score (nSPS) is 11.8. The lowest BCUT2D eigenvalue weighted by Crippen LogP contribution is -2.30. The number of aryl methyl sites for hydroxylation is 2. The first-order chi connectivity index (χ1) is 11.1. The summed E-state index contributed by atoms with van der Waals surface area (Å²) in [6.45, 7) is 5.91. The molecule has 0 fully saturated rings. The fourth-order valence-electron chi connectivity index (χ4n) is 2.31. The molecule has 0 unspecified atom stereocenters. The van der Waals surface area contributed by atoms with Crippen LogP contribution in [-0.2, 0) is 11.2 Å². The zero-order valence-corrected chi connectivity index (χ0v) is 14.1. The first-order valence-electron chi connectivity index (χ1n) is 8.22. The monoisotopic (exact) mass is 311 g/mol. The van der Waals surface area contributed by atoms with Gasteiger partial charge in [0, 0.05) is 5.69 Å². The van der Waals surface area contributed by atoms with E-state index in [1.807, 2.05) is 43.3 Å². The molecule has 2 aromatic rings. The maximum atomic E-state index is 12.2. The quantitative estimate of drug-likeness (QED) is 0.802. The third-order valence-electron chi connectivity index (χ3n) is 3.81. The topological polar surface area (TPSA) is 38.3 Å². The third-order valence-corrected chi connectivity index (χ3v) is 3.81. The number of anilines is 1. The predicted octanol–water partition coefficient (Wildman–Crippen LogP) is 4.74. The van der Waals surface area contributed by atoms with Crippen molar-refractivity contribution in [3.05, 3.63) is 59.7 Å². The van der Waals surface area contributed by atoms with E-state index in [-0.39, 0.29) is 5.91 Å². The number of rotatable bonds is 7. The van der Waals surface area contributed by atoms with Gasteiger partial charge in [-0.2, -0.15) is 0 Å². The average molecular weight is 311 g/mol. The Morgan fingerprint density at radius 2 is 1.83 bits per heavy atom. The lowest BCUT2D eigenvalue weighted by atomic mass is 10.1. The summed E-state index contributed by atoms with van der Waals surface area (Å²) in [4.78, 5) is 12.2. The molecule has 122 valence electrons. The van der Waals surface area contributed by atoms with Crippen LogP contribution in [0, 0.1) is 6.92 Å². The first-order valence-corrected chi connectivity index (χ1v) is 8.22. The Hall–Kier alpha value is -2.29. The Kier molecular flexibility index (Phi) is 6.21. The van der Waals surface area contributed by atoms with E-state index in [4.69, 9.17) is 4.74 Å². The van der Waals surface area contributed by atoms with Crippen molar-refractivity contribution in [2.24, 2.45) is 0 Å². The van der Waals surface area contributed by atoms with E-state index in [9.17, 15) is 4.79 Å². The van der Waals surface area contributed by atoms with Crippen LogP contribution in [0.15, 0.2) is 48.5 Å². The van der Waals surface area contributed by atoms with Crippen molar-refractivity contribution < 1.29 is 9.53 Å². The lowest BCUT2D eigenvalue weighted by molar-refractivity contribution is -0.122. The molecule has 0 radical (unpaired) electrons. The highest BCUT2D eigenvalue weighted by Gasteiger charge is 2.15. The van der Waals surface area contributed by atoms with E-state index in [0.717, 1.165) is 23.4 Å². The van der Waals surface area contributed by atoms with Crippen LogP contribution < -0.4 is 10.1 Å². The summed E-state index contributed by atoms with van der Waals surface area (Å²) in [5, 5.41) is 2.90. The number of amides is 1. The van der Waals surface area contributed by atoms with Crippen molar-refractivity contribution in [3.8, 4) is 5.75 Å². The van der Waals surface area contributed by atoms with Gasteiger partial charge < -0.3 is 10.1 Å². The number of benzene rings is 2. The number of carbonyl (C=O) groups is 1. The second kappa shape index (κ2) is 8.37. The van der Waals surface area contributed by atoms with E-state index in [0.29, 0.717) is 0 Å². The summed E-state index contributed by atoms with van der Waals surface area (Å²) in [5.74, 6) is 0.597. The van der Waals surface area contributed by atoms with Crippen molar-refractivity contribution in [2.75, 3.05) is 5.32 Å². The van der Waals surface area contributed by atoms with Gasteiger partial charge in [-0.15, -0.1) is 0 Å². The standard InChI is InChI=1S/C20H25NO2/c1-4-5-9-17-11-13-18(14-12-17)21-20(22)16(3)23-19-10-7-6-8-15(19)2/h6-8,10-14,16H,4-5,9H2,1-3H3,(H,21,22)/t16-/m0/s1. The van der Waals surface area contributed by atoms with Gasteiger partial charge in [0.15, 0.2) is 6.10 Å². The molecule has 1 N–H and O–H groups in total. The van der Waals surface area contributed by atoms with Crippen LogP contribution in [0.5, 0.6) is 5.75 Å². The maximum Gasteiger partial charge on any atom is 0.265 e. The minimum absolute atomic E-state index is 0.144. The minimum Gasteiger partial charge on any atom is -0.481 e. The van der Waals surface area contributed by atoms with Crippen molar-refractivity contribution in [3.63, 3.8) is 0 Å². The minimum atomic E-state index is -0.545. The molecule has 23 heavy (non-hydrogen) atoms. The van der Waals surface area contributed by atoms with Crippen LogP contribution in [0.1, 0.15) is 37.8 Å². The zero-order chi connectivity index (χ0) is 16.7. The fraction of sp³-hybridized carbons (Fsp3) is 0.350. The van der Waals surface area contributed by atoms with Gasteiger partial charge >= 0.3 is 0 Å². The molecule has 0 aliphatic carbocycles. The fourth-order valence-corrected chi connectivity index (χ4v) is 2.31. The molecule has 0 aromatic heterocycles. The van der Waals surface area contributed by atoms with Crippen molar-refractivity contribution >= 4 is 11.6 Å². The SMILES string of the molecule is CCCCc1ccc(NC(=O)[C@H](C)Oc2ccccc2C)cc1. The van der Waals surface area contributed by atoms with Gasteiger partial charge in [0.1, 0.15) is 5.75 Å². The molecular weight excluding hydrogens is 286 g/mol. The van der Waals surface area contributed by atoms with Gasteiger partial charge in [0.05, 0.1) is 0 Å². The zero-order valence-electron chi connectivity index (χ0n) is 14.1. The number of nitrogens with one attached hydrogen (secondary N) is 1. The summed E-state index contributed by atoms with van der Waals surface area (Å²) >= 11 is 0. The molecule has 0 heterocycles. The van der Waals surface area contributed by atoms with Crippen LogP contribution in [0.25, 0.3) is 0 Å². The molecule has 2 rings (SSSR count).